The molecule has 1 N–H and O–H groups in total. The van der Waals surface area contributed by atoms with E-state index in [-0.39, 0.29) is 12.2 Å². The minimum Gasteiger partial charge on any atom is -0.393 e. The highest BCUT2D eigenvalue weighted by atomic mass is 16.5. The molecule has 1 saturated heterocycles. The minimum absolute atomic E-state index is 0.250. The Labute approximate surface area is 96.2 Å². The van der Waals surface area contributed by atoms with E-state index in [0.717, 1.165) is 31.4 Å². The molecule has 0 bridgehead atoms. The lowest BCUT2D eigenvalue weighted by Gasteiger charge is -2.24. The van der Waals surface area contributed by atoms with Crippen molar-refractivity contribution in [3.8, 4) is 0 Å². The van der Waals surface area contributed by atoms with Crippen LogP contribution in [0.15, 0.2) is 12.4 Å². The van der Waals surface area contributed by atoms with Gasteiger partial charge in [-0.1, -0.05) is 0 Å². The van der Waals surface area contributed by atoms with Crippen LogP contribution in [-0.4, -0.2) is 33.7 Å². The molecular formula is C12H20N2O2. The SMILES string of the molecule is Cn1cc(CC(O)CC2CCCCO2)cn1. The van der Waals surface area contributed by atoms with Gasteiger partial charge in [0.1, 0.15) is 0 Å². The van der Waals surface area contributed by atoms with Crippen molar-refractivity contribution in [3.05, 3.63) is 18.0 Å². The van der Waals surface area contributed by atoms with Gasteiger partial charge in [-0.15, -0.1) is 0 Å². The zero-order chi connectivity index (χ0) is 11.4. The summed E-state index contributed by atoms with van der Waals surface area (Å²) in [5.74, 6) is 0. The summed E-state index contributed by atoms with van der Waals surface area (Å²) in [6.07, 6.45) is 8.59. The first-order valence-electron chi connectivity index (χ1n) is 6.01. The normalized spacial score (nSPS) is 23.2. The predicted molar refractivity (Wildman–Crippen MR) is 61.1 cm³/mol. The Hall–Kier alpha value is -0.870. The third kappa shape index (κ3) is 3.32. The summed E-state index contributed by atoms with van der Waals surface area (Å²) in [6.45, 7) is 0.851. The van der Waals surface area contributed by atoms with Gasteiger partial charge in [0.15, 0.2) is 0 Å². The average Bonchev–Trinajstić information content (AvgIpc) is 2.65. The lowest BCUT2D eigenvalue weighted by Crippen LogP contribution is -2.25. The fourth-order valence-corrected chi connectivity index (χ4v) is 2.23. The van der Waals surface area contributed by atoms with Gasteiger partial charge >= 0.3 is 0 Å². The third-order valence-electron chi connectivity index (χ3n) is 3.04. The van der Waals surface area contributed by atoms with Crippen LogP contribution in [0.2, 0.25) is 0 Å². The summed E-state index contributed by atoms with van der Waals surface area (Å²) in [6, 6.07) is 0. The number of rotatable bonds is 4. The van der Waals surface area contributed by atoms with E-state index in [1.54, 1.807) is 4.68 Å². The van der Waals surface area contributed by atoms with Gasteiger partial charge in [0, 0.05) is 26.3 Å². The molecule has 4 nitrogen and oxygen atoms in total. The molecule has 4 heteroatoms. The van der Waals surface area contributed by atoms with E-state index in [0.29, 0.717) is 6.42 Å². The summed E-state index contributed by atoms with van der Waals surface area (Å²) in [5, 5.41) is 14.0. The van der Waals surface area contributed by atoms with E-state index in [1.165, 1.54) is 6.42 Å². The maximum atomic E-state index is 9.95. The van der Waals surface area contributed by atoms with Gasteiger partial charge in [0.25, 0.3) is 0 Å². The molecule has 0 aliphatic carbocycles. The fourth-order valence-electron chi connectivity index (χ4n) is 2.23. The maximum absolute atomic E-state index is 9.95. The Kier molecular flexibility index (Phi) is 3.96. The van der Waals surface area contributed by atoms with Crippen molar-refractivity contribution in [2.24, 2.45) is 7.05 Å². The Morgan fingerprint density at radius 3 is 3.12 bits per heavy atom. The lowest BCUT2D eigenvalue weighted by atomic mass is 10.0. The smallest absolute Gasteiger partial charge is 0.0606 e. The number of hydrogen-bond acceptors (Lipinski definition) is 3. The zero-order valence-electron chi connectivity index (χ0n) is 9.80. The molecule has 16 heavy (non-hydrogen) atoms. The molecule has 0 amide bonds. The Bertz CT molecular complexity index is 319. The second-order valence-corrected chi connectivity index (χ2v) is 4.60. The first-order valence-corrected chi connectivity index (χ1v) is 6.01. The van der Waals surface area contributed by atoms with Crippen LogP contribution in [0, 0.1) is 0 Å². The van der Waals surface area contributed by atoms with Crippen LogP contribution in [0.25, 0.3) is 0 Å². The highest BCUT2D eigenvalue weighted by Crippen LogP contribution is 2.18. The van der Waals surface area contributed by atoms with Crippen molar-refractivity contribution in [1.82, 2.24) is 9.78 Å². The van der Waals surface area contributed by atoms with Crippen LogP contribution in [0.5, 0.6) is 0 Å². The molecule has 2 heterocycles. The highest BCUT2D eigenvalue weighted by Gasteiger charge is 2.18. The van der Waals surface area contributed by atoms with Crippen LogP contribution in [-0.2, 0) is 18.2 Å². The molecule has 0 spiro atoms. The zero-order valence-corrected chi connectivity index (χ0v) is 9.80. The number of aromatic nitrogens is 2. The largest absolute Gasteiger partial charge is 0.393 e. The van der Waals surface area contributed by atoms with Gasteiger partial charge in [-0.2, -0.15) is 5.10 Å². The number of ether oxygens (including phenoxy) is 1. The minimum atomic E-state index is -0.313. The number of nitrogens with zero attached hydrogens (tertiary/aromatic N) is 2. The topological polar surface area (TPSA) is 47.3 Å². The van der Waals surface area contributed by atoms with E-state index in [2.05, 4.69) is 5.10 Å². The molecule has 2 rings (SSSR count). The predicted octanol–water partition coefficient (Wildman–Crippen LogP) is 1.28. The van der Waals surface area contributed by atoms with Gasteiger partial charge in [-0.3, -0.25) is 4.68 Å². The second-order valence-electron chi connectivity index (χ2n) is 4.60. The quantitative estimate of drug-likeness (QED) is 0.838. The molecule has 1 aliphatic rings. The molecule has 0 aromatic carbocycles. The molecule has 1 aliphatic heterocycles. The van der Waals surface area contributed by atoms with E-state index in [4.69, 9.17) is 4.74 Å². The van der Waals surface area contributed by atoms with Crippen molar-refractivity contribution in [1.29, 1.82) is 0 Å². The van der Waals surface area contributed by atoms with Crippen LogP contribution in [0.4, 0.5) is 0 Å². The molecule has 90 valence electrons. The number of aliphatic hydroxyl groups excluding tert-OH is 1. The van der Waals surface area contributed by atoms with Gasteiger partial charge < -0.3 is 9.84 Å². The summed E-state index contributed by atoms with van der Waals surface area (Å²) >= 11 is 0. The average molecular weight is 224 g/mol. The van der Waals surface area contributed by atoms with Crippen molar-refractivity contribution in [2.75, 3.05) is 6.61 Å². The van der Waals surface area contributed by atoms with Crippen molar-refractivity contribution < 1.29 is 9.84 Å². The molecule has 0 saturated carbocycles. The Morgan fingerprint density at radius 1 is 1.62 bits per heavy atom. The van der Waals surface area contributed by atoms with Gasteiger partial charge in [0.05, 0.1) is 18.4 Å². The van der Waals surface area contributed by atoms with Crippen molar-refractivity contribution in [2.45, 2.75) is 44.3 Å². The van der Waals surface area contributed by atoms with E-state index in [9.17, 15) is 5.11 Å². The molecule has 2 unspecified atom stereocenters. The monoisotopic (exact) mass is 224 g/mol. The molecule has 2 atom stereocenters. The fraction of sp³-hybridized carbons (Fsp3) is 0.750. The second kappa shape index (κ2) is 5.46. The number of aryl methyl sites for hydroxylation is 1. The van der Waals surface area contributed by atoms with Gasteiger partial charge in [0.2, 0.25) is 0 Å². The van der Waals surface area contributed by atoms with E-state index < -0.39 is 0 Å². The molecular weight excluding hydrogens is 204 g/mol. The molecule has 1 aromatic heterocycles. The lowest BCUT2D eigenvalue weighted by molar-refractivity contribution is -0.0147. The third-order valence-corrected chi connectivity index (χ3v) is 3.04. The first-order chi connectivity index (χ1) is 7.74. The maximum Gasteiger partial charge on any atom is 0.0606 e. The van der Waals surface area contributed by atoms with Crippen molar-refractivity contribution in [3.63, 3.8) is 0 Å². The first kappa shape index (κ1) is 11.6. The molecule has 1 aromatic rings. The van der Waals surface area contributed by atoms with Crippen LogP contribution < -0.4 is 0 Å². The van der Waals surface area contributed by atoms with E-state index >= 15 is 0 Å². The van der Waals surface area contributed by atoms with Crippen molar-refractivity contribution >= 4 is 0 Å². The molecule has 0 radical (unpaired) electrons. The number of hydrogen-bond donors (Lipinski definition) is 1. The number of aliphatic hydroxyl groups is 1. The Morgan fingerprint density at radius 2 is 2.50 bits per heavy atom. The standard InChI is InChI=1S/C12H20N2O2/c1-14-9-10(8-13-14)6-11(15)7-12-4-2-3-5-16-12/h8-9,11-12,15H,2-7H2,1H3. The molecule has 1 fully saturated rings. The summed E-state index contributed by atoms with van der Waals surface area (Å²) in [7, 11) is 1.89. The Balaban J connectivity index is 1.77. The highest BCUT2D eigenvalue weighted by molar-refractivity contribution is 5.05. The van der Waals surface area contributed by atoms with Gasteiger partial charge in [-0.25, -0.2) is 0 Å². The van der Waals surface area contributed by atoms with Gasteiger partial charge in [-0.05, 0) is 31.2 Å². The summed E-state index contributed by atoms with van der Waals surface area (Å²) < 4.78 is 7.37. The van der Waals surface area contributed by atoms with E-state index in [1.807, 2.05) is 19.4 Å². The summed E-state index contributed by atoms with van der Waals surface area (Å²) in [4.78, 5) is 0. The summed E-state index contributed by atoms with van der Waals surface area (Å²) in [5.41, 5.74) is 1.09. The van der Waals surface area contributed by atoms with Crippen LogP contribution >= 0.6 is 0 Å². The van der Waals surface area contributed by atoms with Crippen LogP contribution in [0.1, 0.15) is 31.2 Å². The van der Waals surface area contributed by atoms with Crippen LogP contribution in [0.3, 0.4) is 0 Å².